The number of carbonyl (C=O) groups is 2. The molecule has 33 heavy (non-hydrogen) atoms. The summed E-state index contributed by atoms with van der Waals surface area (Å²) in [6.07, 6.45) is 0. The van der Waals surface area contributed by atoms with E-state index in [-0.39, 0.29) is 21.3 Å². The summed E-state index contributed by atoms with van der Waals surface area (Å²) in [5, 5.41) is 12.7. The quantitative estimate of drug-likeness (QED) is 0.401. The number of primary sulfonamides is 1. The van der Waals surface area contributed by atoms with Gasteiger partial charge in [0.2, 0.25) is 10.0 Å². The van der Waals surface area contributed by atoms with E-state index in [2.05, 4.69) is 10.4 Å². The Morgan fingerprint density at radius 3 is 2.61 bits per heavy atom. The molecular weight excluding hydrogens is 471 g/mol. The average Bonchev–Trinajstić information content (AvgIpc) is 3.33. The van der Waals surface area contributed by atoms with E-state index in [9.17, 15) is 22.4 Å². The molecule has 0 fully saturated rings. The Bertz CT molecular complexity index is 1480. The molecule has 2 heterocycles. The molecule has 0 atom stereocenters. The molecule has 0 aliphatic carbocycles. The van der Waals surface area contributed by atoms with Crippen LogP contribution in [0, 0.1) is 12.7 Å². The Kier molecular flexibility index (Phi) is 5.97. The molecule has 2 aromatic heterocycles. The minimum atomic E-state index is -3.92. The SMILES string of the molecule is Cc1nn(-c2ccc(F)cc2)c2sc(C(=O)OCC(=O)Nc3cccc(S(N)(=O)=O)c3)cc12. The number of nitrogens with zero attached hydrogens (tertiary/aromatic N) is 2. The molecule has 12 heteroatoms. The molecule has 0 aliphatic rings. The molecule has 1 amide bonds. The lowest BCUT2D eigenvalue weighted by atomic mass is 10.3. The van der Waals surface area contributed by atoms with Crippen LogP contribution in [0.2, 0.25) is 0 Å². The number of halogens is 1. The Labute approximate surface area is 191 Å². The van der Waals surface area contributed by atoms with Gasteiger partial charge in [0.15, 0.2) is 6.61 Å². The number of hydrogen-bond donors (Lipinski definition) is 2. The highest BCUT2D eigenvalue weighted by Crippen LogP contribution is 2.31. The minimum Gasteiger partial charge on any atom is -0.451 e. The number of esters is 1. The molecule has 0 aliphatic heterocycles. The summed E-state index contributed by atoms with van der Waals surface area (Å²) >= 11 is 1.13. The van der Waals surface area contributed by atoms with E-state index in [1.165, 1.54) is 36.4 Å². The number of carbonyl (C=O) groups excluding carboxylic acids is 2. The topological polar surface area (TPSA) is 133 Å². The van der Waals surface area contributed by atoms with E-state index in [4.69, 9.17) is 9.88 Å². The standard InChI is InChI=1S/C21H17FN4O5S2/c1-12-17-10-18(32-20(17)26(25-12)15-7-5-13(22)6-8-15)21(28)31-11-19(27)24-14-3-2-4-16(9-14)33(23,29)30/h2-10H,11H2,1H3,(H,24,27)(H2,23,29,30). The molecule has 0 saturated heterocycles. The van der Waals surface area contributed by atoms with Crippen LogP contribution in [0.4, 0.5) is 10.1 Å². The van der Waals surface area contributed by atoms with Crippen LogP contribution in [0.25, 0.3) is 15.9 Å². The number of hydrogen-bond acceptors (Lipinski definition) is 7. The van der Waals surface area contributed by atoms with E-state index in [1.807, 2.05) is 0 Å². The third-order valence-electron chi connectivity index (χ3n) is 4.60. The van der Waals surface area contributed by atoms with E-state index < -0.39 is 28.5 Å². The zero-order chi connectivity index (χ0) is 23.8. The van der Waals surface area contributed by atoms with Gasteiger partial charge in [-0.15, -0.1) is 11.3 Å². The summed E-state index contributed by atoms with van der Waals surface area (Å²) in [5.74, 6) is -1.72. The number of sulfonamides is 1. The molecule has 0 unspecified atom stereocenters. The van der Waals surface area contributed by atoms with Gasteiger partial charge in [-0.3, -0.25) is 4.79 Å². The first-order chi connectivity index (χ1) is 15.6. The number of ether oxygens (including phenoxy) is 1. The third-order valence-corrected chi connectivity index (χ3v) is 6.60. The van der Waals surface area contributed by atoms with Crippen molar-refractivity contribution in [1.82, 2.24) is 9.78 Å². The summed E-state index contributed by atoms with van der Waals surface area (Å²) < 4.78 is 42.8. The summed E-state index contributed by atoms with van der Waals surface area (Å²) in [6.45, 7) is 1.21. The van der Waals surface area contributed by atoms with Crippen LogP contribution in [-0.2, 0) is 19.6 Å². The molecule has 3 N–H and O–H groups in total. The highest BCUT2D eigenvalue weighted by Gasteiger charge is 2.19. The van der Waals surface area contributed by atoms with Gasteiger partial charge in [0.1, 0.15) is 15.5 Å². The number of benzene rings is 2. The largest absolute Gasteiger partial charge is 0.451 e. The molecule has 0 saturated carbocycles. The minimum absolute atomic E-state index is 0.159. The molecule has 4 aromatic rings. The monoisotopic (exact) mass is 488 g/mol. The fourth-order valence-electron chi connectivity index (χ4n) is 3.06. The normalized spacial score (nSPS) is 11.5. The van der Waals surface area contributed by atoms with Crippen LogP contribution < -0.4 is 10.5 Å². The van der Waals surface area contributed by atoms with Crippen molar-refractivity contribution in [2.75, 3.05) is 11.9 Å². The summed E-state index contributed by atoms with van der Waals surface area (Å²) in [6, 6.07) is 12.8. The summed E-state index contributed by atoms with van der Waals surface area (Å²) in [7, 11) is -3.92. The lowest BCUT2D eigenvalue weighted by Crippen LogP contribution is -2.21. The highest BCUT2D eigenvalue weighted by molar-refractivity contribution is 7.89. The number of aryl methyl sites for hydroxylation is 1. The van der Waals surface area contributed by atoms with Gasteiger partial charge in [-0.1, -0.05) is 6.07 Å². The van der Waals surface area contributed by atoms with E-state index in [1.54, 1.807) is 29.8 Å². The maximum absolute atomic E-state index is 13.2. The molecular formula is C21H17FN4O5S2. The van der Waals surface area contributed by atoms with Crippen molar-refractivity contribution in [2.24, 2.45) is 5.14 Å². The van der Waals surface area contributed by atoms with Crippen molar-refractivity contribution in [3.05, 3.63) is 71.0 Å². The molecule has 0 spiro atoms. The van der Waals surface area contributed by atoms with Crippen LogP contribution >= 0.6 is 11.3 Å². The predicted molar refractivity (Wildman–Crippen MR) is 120 cm³/mol. The van der Waals surface area contributed by atoms with Crippen LogP contribution in [0.5, 0.6) is 0 Å². The number of aromatic nitrogens is 2. The van der Waals surface area contributed by atoms with Gasteiger partial charge in [-0.25, -0.2) is 27.4 Å². The highest BCUT2D eigenvalue weighted by atomic mass is 32.2. The van der Waals surface area contributed by atoms with Crippen molar-refractivity contribution in [2.45, 2.75) is 11.8 Å². The van der Waals surface area contributed by atoms with Crippen LogP contribution in [0.1, 0.15) is 15.4 Å². The van der Waals surface area contributed by atoms with Gasteiger partial charge >= 0.3 is 5.97 Å². The average molecular weight is 489 g/mol. The fraction of sp³-hybridized carbons (Fsp3) is 0.0952. The predicted octanol–water partition coefficient (Wildman–Crippen LogP) is 2.98. The fourth-order valence-corrected chi connectivity index (χ4v) is 4.69. The maximum Gasteiger partial charge on any atom is 0.348 e. The number of anilines is 1. The molecule has 9 nitrogen and oxygen atoms in total. The molecule has 0 radical (unpaired) electrons. The lowest BCUT2D eigenvalue weighted by molar-refractivity contribution is -0.119. The second kappa shape index (κ2) is 8.73. The zero-order valence-electron chi connectivity index (χ0n) is 17.1. The van der Waals surface area contributed by atoms with Gasteiger partial charge in [-0.05, 0) is 55.5 Å². The first kappa shape index (κ1) is 22.6. The maximum atomic E-state index is 13.2. The Hall–Kier alpha value is -3.61. The van der Waals surface area contributed by atoms with Gasteiger partial charge in [0.25, 0.3) is 5.91 Å². The van der Waals surface area contributed by atoms with Crippen molar-refractivity contribution < 1.29 is 27.1 Å². The first-order valence-electron chi connectivity index (χ1n) is 9.47. The van der Waals surface area contributed by atoms with E-state index >= 15 is 0 Å². The van der Waals surface area contributed by atoms with Crippen molar-refractivity contribution in [3.8, 4) is 5.69 Å². The number of amides is 1. The van der Waals surface area contributed by atoms with Crippen LogP contribution in [0.15, 0.2) is 59.5 Å². The number of thiophene rings is 1. The smallest absolute Gasteiger partial charge is 0.348 e. The van der Waals surface area contributed by atoms with Crippen LogP contribution in [-0.4, -0.2) is 36.7 Å². The van der Waals surface area contributed by atoms with Crippen molar-refractivity contribution in [1.29, 1.82) is 0 Å². The number of fused-ring (bicyclic) bond motifs is 1. The Morgan fingerprint density at radius 1 is 1.18 bits per heavy atom. The van der Waals surface area contributed by atoms with Gasteiger partial charge in [0.05, 0.1) is 16.3 Å². The number of nitrogens with one attached hydrogen (secondary N) is 1. The Morgan fingerprint density at radius 2 is 1.91 bits per heavy atom. The summed E-state index contributed by atoms with van der Waals surface area (Å²) in [4.78, 5) is 25.4. The molecule has 4 rings (SSSR count). The van der Waals surface area contributed by atoms with E-state index in [0.29, 0.717) is 16.2 Å². The van der Waals surface area contributed by atoms with E-state index in [0.717, 1.165) is 16.7 Å². The lowest BCUT2D eigenvalue weighted by Gasteiger charge is -2.07. The molecule has 0 bridgehead atoms. The van der Waals surface area contributed by atoms with Crippen LogP contribution in [0.3, 0.4) is 0 Å². The zero-order valence-corrected chi connectivity index (χ0v) is 18.7. The van der Waals surface area contributed by atoms with Crippen molar-refractivity contribution in [3.63, 3.8) is 0 Å². The summed E-state index contributed by atoms with van der Waals surface area (Å²) in [5.41, 5.74) is 1.51. The van der Waals surface area contributed by atoms with Crippen molar-refractivity contribution >= 4 is 49.1 Å². The Balaban J connectivity index is 1.46. The van der Waals surface area contributed by atoms with Gasteiger partial charge in [0, 0.05) is 11.1 Å². The number of nitrogens with two attached hydrogens (primary N) is 1. The van der Waals surface area contributed by atoms with Gasteiger partial charge < -0.3 is 10.1 Å². The second-order valence-electron chi connectivity index (χ2n) is 7.00. The van der Waals surface area contributed by atoms with Gasteiger partial charge in [-0.2, -0.15) is 5.10 Å². The molecule has 170 valence electrons. The second-order valence-corrected chi connectivity index (χ2v) is 9.59. The first-order valence-corrected chi connectivity index (χ1v) is 11.8. The number of rotatable bonds is 6. The third kappa shape index (κ3) is 4.92. The molecule has 2 aromatic carbocycles.